The number of hydrogen-bond donors (Lipinski definition) is 2. The summed E-state index contributed by atoms with van der Waals surface area (Å²) >= 11 is 0. The van der Waals surface area contributed by atoms with Gasteiger partial charge in [-0.05, 0) is 25.5 Å². The van der Waals surface area contributed by atoms with Gasteiger partial charge in [-0.15, -0.1) is 0 Å². The first kappa shape index (κ1) is 14.8. The summed E-state index contributed by atoms with van der Waals surface area (Å²) in [5.41, 5.74) is 1.49. The van der Waals surface area contributed by atoms with Gasteiger partial charge >= 0.3 is 0 Å². The van der Waals surface area contributed by atoms with Gasteiger partial charge in [-0.3, -0.25) is 9.78 Å². The fourth-order valence-corrected chi connectivity index (χ4v) is 2.87. The number of nitrogens with one attached hydrogen (secondary N) is 2. The summed E-state index contributed by atoms with van der Waals surface area (Å²) in [5.74, 6) is 0.112. The Labute approximate surface area is 120 Å². The van der Waals surface area contributed by atoms with Crippen LogP contribution in [0.4, 0.5) is 11.4 Å². The van der Waals surface area contributed by atoms with Crippen molar-refractivity contribution in [1.29, 1.82) is 0 Å². The van der Waals surface area contributed by atoms with Gasteiger partial charge in [-0.1, -0.05) is 13.3 Å². The van der Waals surface area contributed by atoms with Gasteiger partial charge in [0, 0.05) is 26.8 Å². The second-order valence-electron chi connectivity index (χ2n) is 5.70. The minimum atomic E-state index is -0.270. The van der Waals surface area contributed by atoms with E-state index < -0.39 is 0 Å². The van der Waals surface area contributed by atoms with Crippen molar-refractivity contribution in [3.63, 3.8) is 0 Å². The fraction of sp³-hybridized carbons (Fsp3) is 0.600. The van der Waals surface area contributed by atoms with E-state index >= 15 is 0 Å². The smallest absolute Gasteiger partial charge is 0.232 e. The zero-order chi connectivity index (χ0) is 14.6. The van der Waals surface area contributed by atoms with Gasteiger partial charge in [0.05, 0.1) is 23.0 Å². The van der Waals surface area contributed by atoms with Crippen molar-refractivity contribution >= 4 is 17.3 Å². The Kier molecular flexibility index (Phi) is 4.60. The van der Waals surface area contributed by atoms with Gasteiger partial charge in [0.25, 0.3) is 0 Å². The number of aromatic nitrogens is 1. The van der Waals surface area contributed by atoms with Crippen LogP contribution in [-0.4, -0.2) is 38.1 Å². The fourth-order valence-electron chi connectivity index (χ4n) is 2.87. The van der Waals surface area contributed by atoms with Crippen LogP contribution in [0.3, 0.4) is 0 Å². The summed E-state index contributed by atoms with van der Waals surface area (Å²) in [4.78, 5) is 18.8. The van der Waals surface area contributed by atoms with Crippen molar-refractivity contribution in [1.82, 2.24) is 10.3 Å². The minimum Gasteiger partial charge on any atom is -0.376 e. The molecule has 1 unspecified atom stereocenters. The first-order chi connectivity index (χ1) is 9.59. The molecule has 5 nitrogen and oxygen atoms in total. The second-order valence-corrected chi connectivity index (χ2v) is 5.70. The quantitative estimate of drug-likeness (QED) is 0.862. The van der Waals surface area contributed by atoms with E-state index in [1.54, 1.807) is 12.4 Å². The molecule has 1 atom stereocenters. The highest BCUT2D eigenvalue weighted by Crippen LogP contribution is 2.33. The molecular formula is C15H24N4O. The molecule has 0 spiro atoms. The lowest BCUT2D eigenvalue weighted by Crippen LogP contribution is -2.38. The lowest BCUT2D eigenvalue weighted by Gasteiger charge is -2.27. The molecule has 1 aliphatic heterocycles. The highest BCUT2D eigenvalue weighted by molar-refractivity contribution is 5.98. The molecular weight excluding hydrogens is 252 g/mol. The molecule has 1 fully saturated rings. The molecule has 1 aromatic rings. The van der Waals surface area contributed by atoms with Crippen molar-refractivity contribution in [3.05, 3.63) is 18.5 Å². The topological polar surface area (TPSA) is 57.3 Å². The Morgan fingerprint density at radius 1 is 1.55 bits per heavy atom. The van der Waals surface area contributed by atoms with Crippen LogP contribution in [0.25, 0.3) is 0 Å². The highest BCUT2D eigenvalue weighted by atomic mass is 16.2. The molecule has 5 heteroatoms. The number of amides is 1. The predicted octanol–water partition coefficient (Wildman–Crippen LogP) is 1.87. The van der Waals surface area contributed by atoms with Crippen LogP contribution in [0, 0.1) is 5.41 Å². The SMILES string of the molecule is CCCC1(C(=O)Nc2cnccc2N(C)C)CCNC1. The molecule has 0 aliphatic carbocycles. The van der Waals surface area contributed by atoms with E-state index in [1.165, 1.54) is 0 Å². The first-order valence-electron chi connectivity index (χ1n) is 7.22. The Bertz CT molecular complexity index is 467. The van der Waals surface area contributed by atoms with E-state index in [-0.39, 0.29) is 11.3 Å². The van der Waals surface area contributed by atoms with Crippen molar-refractivity contribution in [2.24, 2.45) is 5.41 Å². The second kappa shape index (κ2) is 6.22. The normalized spacial score (nSPS) is 21.8. The molecule has 0 bridgehead atoms. The number of nitrogens with zero attached hydrogens (tertiary/aromatic N) is 2. The molecule has 2 rings (SSSR count). The molecule has 1 saturated heterocycles. The Morgan fingerprint density at radius 3 is 2.95 bits per heavy atom. The van der Waals surface area contributed by atoms with Crippen molar-refractivity contribution < 1.29 is 4.79 Å². The third-order valence-electron chi connectivity index (χ3n) is 3.98. The highest BCUT2D eigenvalue weighted by Gasteiger charge is 2.40. The largest absolute Gasteiger partial charge is 0.376 e. The van der Waals surface area contributed by atoms with Gasteiger partial charge < -0.3 is 15.5 Å². The zero-order valence-electron chi connectivity index (χ0n) is 12.6. The molecule has 0 saturated carbocycles. The molecule has 1 amide bonds. The minimum absolute atomic E-state index is 0.112. The molecule has 2 heterocycles. The molecule has 0 radical (unpaired) electrons. The van der Waals surface area contributed by atoms with E-state index in [1.807, 2.05) is 25.1 Å². The maximum atomic E-state index is 12.7. The molecule has 2 N–H and O–H groups in total. The van der Waals surface area contributed by atoms with Gasteiger partial charge in [0.15, 0.2) is 0 Å². The van der Waals surface area contributed by atoms with Gasteiger partial charge in [0.1, 0.15) is 0 Å². The number of carbonyl (C=O) groups excluding carboxylic acids is 1. The van der Waals surface area contributed by atoms with Crippen LogP contribution in [0.5, 0.6) is 0 Å². The van der Waals surface area contributed by atoms with Gasteiger partial charge in [0.2, 0.25) is 5.91 Å². The van der Waals surface area contributed by atoms with Gasteiger partial charge in [-0.25, -0.2) is 0 Å². The van der Waals surface area contributed by atoms with E-state index in [0.717, 1.165) is 43.7 Å². The zero-order valence-corrected chi connectivity index (χ0v) is 12.6. The molecule has 1 aromatic heterocycles. The average Bonchev–Trinajstić information content (AvgIpc) is 2.89. The standard InChI is InChI=1S/C15H24N4O/c1-4-6-15(7-9-17-11-15)14(20)18-12-10-16-8-5-13(12)19(2)3/h5,8,10,17H,4,6-7,9,11H2,1-3H3,(H,18,20). The van der Waals surface area contributed by atoms with Crippen LogP contribution < -0.4 is 15.5 Å². The summed E-state index contributed by atoms with van der Waals surface area (Å²) < 4.78 is 0. The average molecular weight is 276 g/mol. The lowest BCUT2D eigenvalue weighted by molar-refractivity contribution is -0.125. The summed E-state index contributed by atoms with van der Waals surface area (Å²) in [6.07, 6.45) is 6.30. The maximum Gasteiger partial charge on any atom is 0.232 e. The molecule has 110 valence electrons. The maximum absolute atomic E-state index is 12.7. The van der Waals surface area contributed by atoms with Crippen LogP contribution >= 0.6 is 0 Å². The van der Waals surface area contributed by atoms with Crippen molar-refractivity contribution in [2.75, 3.05) is 37.4 Å². The van der Waals surface area contributed by atoms with Crippen molar-refractivity contribution in [2.45, 2.75) is 26.2 Å². The van der Waals surface area contributed by atoms with Crippen LogP contribution in [0.1, 0.15) is 26.2 Å². The Balaban J connectivity index is 2.18. The summed E-state index contributed by atoms with van der Waals surface area (Å²) in [6, 6.07) is 1.91. The van der Waals surface area contributed by atoms with E-state index in [4.69, 9.17) is 0 Å². The van der Waals surface area contributed by atoms with Crippen molar-refractivity contribution in [3.8, 4) is 0 Å². The van der Waals surface area contributed by atoms with E-state index in [2.05, 4.69) is 22.5 Å². The number of rotatable bonds is 5. The number of pyridine rings is 1. The van der Waals surface area contributed by atoms with Crippen LogP contribution in [-0.2, 0) is 4.79 Å². The van der Waals surface area contributed by atoms with Crippen LogP contribution in [0.2, 0.25) is 0 Å². The van der Waals surface area contributed by atoms with E-state index in [9.17, 15) is 4.79 Å². The van der Waals surface area contributed by atoms with Crippen LogP contribution in [0.15, 0.2) is 18.5 Å². The Hall–Kier alpha value is -1.62. The number of hydrogen-bond acceptors (Lipinski definition) is 4. The monoisotopic (exact) mass is 276 g/mol. The molecule has 0 aromatic carbocycles. The predicted molar refractivity (Wildman–Crippen MR) is 82.0 cm³/mol. The number of anilines is 2. The van der Waals surface area contributed by atoms with Gasteiger partial charge in [-0.2, -0.15) is 0 Å². The first-order valence-corrected chi connectivity index (χ1v) is 7.22. The third-order valence-corrected chi connectivity index (χ3v) is 3.98. The lowest BCUT2D eigenvalue weighted by atomic mass is 9.81. The summed E-state index contributed by atoms with van der Waals surface area (Å²) in [7, 11) is 3.92. The summed E-state index contributed by atoms with van der Waals surface area (Å²) in [6.45, 7) is 3.81. The van der Waals surface area contributed by atoms with E-state index in [0.29, 0.717) is 0 Å². The molecule has 1 aliphatic rings. The molecule has 20 heavy (non-hydrogen) atoms. The summed E-state index contributed by atoms with van der Waals surface area (Å²) in [5, 5.41) is 6.39. The number of carbonyl (C=O) groups is 1. The third kappa shape index (κ3) is 2.93. The Morgan fingerprint density at radius 2 is 2.35 bits per heavy atom.